The summed E-state index contributed by atoms with van der Waals surface area (Å²) in [6.45, 7) is 5.19. The molecule has 0 aliphatic carbocycles. The normalized spacial score (nSPS) is 25.1. The third kappa shape index (κ3) is 4.59. The standard InChI is InChI=1S/C8H16ClNO3S/c1-8-7-13-5-4-10(8)3-2-6-14(9,11)12/h8H,2-7H2,1H3/t8-/m1/s1. The summed E-state index contributed by atoms with van der Waals surface area (Å²) in [5.74, 6) is 0.0542. The summed E-state index contributed by atoms with van der Waals surface area (Å²) in [6.07, 6.45) is 0.593. The van der Waals surface area contributed by atoms with E-state index in [1.54, 1.807) is 0 Å². The highest BCUT2D eigenvalue weighted by Crippen LogP contribution is 2.08. The molecule has 6 heteroatoms. The van der Waals surface area contributed by atoms with Crippen LogP contribution in [0.15, 0.2) is 0 Å². The van der Waals surface area contributed by atoms with E-state index in [0.717, 1.165) is 26.3 Å². The second-order valence-electron chi connectivity index (χ2n) is 3.56. The Labute approximate surface area is 89.6 Å². The molecule has 0 aromatic carbocycles. The maximum absolute atomic E-state index is 10.7. The van der Waals surface area contributed by atoms with Crippen LogP contribution in [0.5, 0.6) is 0 Å². The Balaban J connectivity index is 2.23. The predicted molar refractivity (Wildman–Crippen MR) is 56.1 cm³/mol. The van der Waals surface area contributed by atoms with Gasteiger partial charge in [-0.1, -0.05) is 0 Å². The van der Waals surface area contributed by atoms with Crippen molar-refractivity contribution < 1.29 is 13.2 Å². The Morgan fingerprint density at radius 2 is 2.29 bits per heavy atom. The molecule has 0 spiro atoms. The first-order chi connectivity index (χ1) is 6.49. The fraction of sp³-hybridized carbons (Fsp3) is 1.00. The zero-order chi connectivity index (χ0) is 10.6. The summed E-state index contributed by atoms with van der Waals surface area (Å²) in [4.78, 5) is 2.23. The molecule has 0 N–H and O–H groups in total. The smallest absolute Gasteiger partial charge is 0.232 e. The predicted octanol–water partition coefficient (Wildman–Crippen LogP) is 0.666. The Morgan fingerprint density at radius 3 is 2.86 bits per heavy atom. The molecule has 0 unspecified atom stereocenters. The van der Waals surface area contributed by atoms with Crippen LogP contribution in [-0.2, 0) is 13.8 Å². The molecule has 0 bridgehead atoms. The Bertz CT molecular complexity index is 268. The van der Waals surface area contributed by atoms with Crippen molar-refractivity contribution in [1.29, 1.82) is 0 Å². The second-order valence-corrected chi connectivity index (χ2v) is 6.45. The van der Waals surface area contributed by atoms with Gasteiger partial charge in [-0.05, 0) is 19.9 Å². The van der Waals surface area contributed by atoms with Gasteiger partial charge in [-0.25, -0.2) is 8.42 Å². The van der Waals surface area contributed by atoms with Gasteiger partial charge in [-0.3, -0.25) is 4.90 Å². The maximum atomic E-state index is 10.7. The number of nitrogens with zero attached hydrogens (tertiary/aromatic N) is 1. The zero-order valence-electron chi connectivity index (χ0n) is 8.28. The summed E-state index contributed by atoms with van der Waals surface area (Å²) >= 11 is 0. The van der Waals surface area contributed by atoms with E-state index in [-0.39, 0.29) is 5.75 Å². The van der Waals surface area contributed by atoms with Crippen LogP contribution in [0, 0.1) is 0 Å². The van der Waals surface area contributed by atoms with E-state index < -0.39 is 9.05 Å². The Kier molecular flexibility index (Phi) is 4.63. The monoisotopic (exact) mass is 241 g/mol. The lowest BCUT2D eigenvalue weighted by Gasteiger charge is -2.32. The number of hydrogen-bond donors (Lipinski definition) is 0. The molecule has 0 radical (unpaired) electrons. The topological polar surface area (TPSA) is 46.6 Å². The fourth-order valence-corrected chi connectivity index (χ4v) is 2.33. The van der Waals surface area contributed by atoms with Gasteiger partial charge in [-0.15, -0.1) is 0 Å². The summed E-state index contributed by atoms with van der Waals surface area (Å²) in [6, 6.07) is 0.377. The SMILES string of the molecule is C[C@@H]1COCCN1CCCS(=O)(=O)Cl. The van der Waals surface area contributed by atoms with Gasteiger partial charge in [0.05, 0.1) is 19.0 Å². The average molecular weight is 242 g/mol. The molecular weight excluding hydrogens is 226 g/mol. The van der Waals surface area contributed by atoms with Crippen molar-refractivity contribution in [2.45, 2.75) is 19.4 Å². The van der Waals surface area contributed by atoms with Gasteiger partial charge in [0.15, 0.2) is 0 Å². The van der Waals surface area contributed by atoms with E-state index >= 15 is 0 Å². The number of rotatable bonds is 4. The lowest BCUT2D eigenvalue weighted by atomic mass is 10.2. The highest BCUT2D eigenvalue weighted by Gasteiger charge is 2.18. The molecule has 0 aromatic heterocycles. The molecule has 1 fully saturated rings. The molecule has 1 atom stereocenters. The lowest BCUT2D eigenvalue weighted by molar-refractivity contribution is 0.00000907. The summed E-state index contributed by atoms with van der Waals surface area (Å²) in [5.41, 5.74) is 0. The minimum Gasteiger partial charge on any atom is -0.379 e. The molecule has 84 valence electrons. The molecule has 0 saturated carbocycles. The van der Waals surface area contributed by atoms with E-state index in [1.165, 1.54) is 0 Å². The van der Waals surface area contributed by atoms with Gasteiger partial charge in [0.25, 0.3) is 0 Å². The number of ether oxygens (including phenoxy) is 1. The van der Waals surface area contributed by atoms with Crippen LogP contribution in [0.25, 0.3) is 0 Å². The van der Waals surface area contributed by atoms with Crippen molar-refractivity contribution in [2.75, 3.05) is 32.1 Å². The number of morpholine rings is 1. The summed E-state index contributed by atoms with van der Waals surface area (Å²) < 4.78 is 26.6. The van der Waals surface area contributed by atoms with Crippen molar-refractivity contribution in [3.05, 3.63) is 0 Å². The molecule has 1 saturated heterocycles. The van der Waals surface area contributed by atoms with Gasteiger partial charge >= 0.3 is 0 Å². The summed E-state index contributed by atoms with van der Waals surface area (Å²) in [7, 11) is 1.79. The second kappa shape index (κ2) is 5.30. The average Bonchev–Trinajstić information content (AvgIpc) is 2.06. The molecule has 0 amide bonds. The van der Waals surface area contributed by atoms with Crippen LogP contribution < -0.4 is 0 Å². The number of hydrogen-bond acceptors (Lipinski definition) is 4. The zero-order valence-corrected chi connectivity index (χ0v) is 9.85. The van der Waals surface area contributed by atoms with Crippen molar-refractivity contribution in [3.63, 3.8) is 0 Å². The molecular formula is C8H16ClNO3S. The Hall–Kier alpha value is 0.160. The van der Waals surface area contributed by atoms with Gasteiger partial charge in [0.1, 0.15) is 0 Å². The summed E-state index contributed by atoms with van der Waals surface area (Å²) in [5, 5.41) is 0. The highest BCUT2D eigenvalue weighted by molar-refractivity contribution is 8.13. The van der Waals surface area contributed by atoms with Crippen molar-refractivity contribution >= 4 is 19.7 Å². The minimum absolute atomic E-state index is 0.0542. The Morgan fingerprint density at radius 1 is 1.57 bits per heavy atom. The molecule has 0 aromatic rings. The maximum Gasteiger partial charge on any atom is 0.232 e. The first-order valence-corrected chi connectivity index (χ1v) is 7.21. The van der Waals surface area contributed by atoms with Crippen LogP contribution in [0.2, 0.25) is 0 Å². The molecule has 1 heterocycles. The largest absolute Gasteiger partial charge is 0.379 e. The molecule has 1 aliphatic rings. The van der Waals surface area contributed by atoms with E-state index in [9.17, 15) is 8.42 Å². The molecule has 4 nitrogen and oxygen atoms in total. The highest BCUT2D eigenvalue weighted by atomic mass is 35.7. The van der Waals surface area contributed by atoms with Gasteiger partial charge in [0, 0.05) is 23.3 Å². The quantitative estimate of drug-likeness (QED) is 0.679. The molecule has 1 rings (SSSR count). The van der Waals surface area contributed by atoms with E-state index in [1.807, 2.05) is 0 Å². The van der Waals surface area contributed by atoms with Crippen molar-refractivity contribution in [3.8, 4) is 0 Å². The van der Waals surface area contributed by atoms with Gasteiger partial charge in [0.2, 0.25) is 9.05 Å². The fourth-order valence-electron chi connectivity index (χ4n) is 1.53. The lowest BCUT2D eigenvalue weighted by Crippen LogP contribution is -2.44. The first-order valence-electron chi connectivity index (χ1n) is 4.73. The molecule has 1 aliphatic heterocycles. The third-order valence-electron chi connectivity index (χ3n) is 2.34. The third-order valence-corrected chi connectivity index (χ3v) is 3.58. The van der Waals surface area contributed by atoms with Crippen molar-refractivity contribution in [2.24, 2.45) is 0 Å². The van der Waals surface area contributed by atoms with Gasteiger partial charge < -0.3 is 4.74 Å². The van der Waals surface area contributed by atoms with Crippen molar-refractivity contribution in [1.82, 2.24) is 4.90 Å². The van der Waals surface area contributed by atoms with Crippen LogP contribution in [0.3, 0.4) is 0 Å². The first kappa shape index (κ1) is 12.2. The van der Waals surface area contributed by atoms with E-state index in [4.69, 9.17) is 15.4 Å². The van der Waals surface area contributed by atoms with Crippen LogP contribution >= 0.6 is 10.7 Å². The minimum atomic E-state index is -3.33. The van der Waals surface area contributed by atoms with E-state index in [2.05, 4.69) is 11.8 Å². The van der Waals surface area contributed by atoms with Crippen LogP contribution in [-0.4, -0.2) is 51.4 Å². The van der Waals surface area contributed by atoms with Crippen LogP contribution in [0.1, 0.15) is 13.3 Å². The molecule has 14 heavy (non-hydrogen) atoms. The number of halogens is 1. The van der Waals surface area contributed by atoms with Crippen LogP contribution in [0.4, 0.5) is 0 Å². The van der Waals surface area contributed by atoms with E-state index in [0.29, 0.717) is 12.5 Å². The van der Waals surface area contributed by atoms with Gasteiger partial charge in [-0.2, -0.15) is 0 Å².